The summed E-state index contributed by atoms with van der Waals surface area (Å²) in [5.74, 6) is -0.266. The minimum atomic E-state index is -0.467. The average molecular weight is 1290 g/mol. The Morgan fingerprint density at radius 3 is 1.67 bits per heavy atom. The molecule has 0 spiro atoms. The van der Waals surface area contributed by atoms with Gasteiger partial charge in [-0.15, -0.1) is 40.2 Å². The summed E-state index contributed by atoms with van der Waals surface area (Å²) in [5.41, 5.74) is 19.6. The van der Waals surface area contributed by atoms with E-state index in [0.717, 1.165) is 30.1 Å². The van der Waals surface area contributed by atoms with Crippen molar-refractivity contribution in [2.75, 3.05) is 10.7 Å². The van der Waals surface area contributed by atoms with Gasteiger partial charge in [0, 0.05) is 49.1 Å². The van der Waals surface area contributed by atoms with Crippen LogP contribution in [0.25, 0.3) is 0 Å². The van der Waals surface area contributed by atoms with Crippen LogP contribution in [0.5, 0.6) is 0 Å². The second kappa shape index (κ2) is 31.8. The molecule has 6 aromatic carbocycles. The number of aliphatic hydroxyl groups is 1. The fourth-order valence-electron chi connectivity index (χ4n) is 5.37. The Kier molecular flexibility index (Phi) is 28.4. The molecule has 0 aromatic heterocycles. The lowest BCUT2D eigenvalue weighted by Crippen LogP contribution is -2.24. The number of amides is 2. The van der Waals surface area contributed by atoms with Crippen molar-refractivity contribution in [3.63, 3.8) is 0 Å². The highest BCUT2D eigenvalue weighted by molar-refractivity contribution is 9.11. The zero-order valence-corrected chi connectivity index (χ0v) is 46.8. The number of aliphatic imine (C=N–C) groups is 1. The fourth-order valence-corrected chi connectivity index (χ4v) is 7.62. The van der Waals surface area contributed by atoms with E-state index in [-0.39, 0.29) is 50.9 Å². The quantitative estimate of drug-likeness (QED) is 0.0324. The van der Waals surface area contributed by atoms with E-state index < -0.39 is 5.82 Å². The number of alkyl halides is 2. The predicted octanol–water partition coefficient (Wildman–Crippen LogP) is 14.3. The number of anilines is 1. The van der Waals surface area contributed by atoms with E-state index in [2.05, 4.69) is 81.0 Å². The van der Waals surface area contributed by atoms with E-state index in [1.165, 1.54) is 41.1 Å². The Hall–Kier alpha value is -3.26. The van der Waals surface area contributed by atoms with Crippen LogP contribution < -0.4 is 27.4 Å². The van der Waals surface area contributed by atoms with Gasteiger partial charge in [-0.3, -0.25) is 9.59 Å². The van der Waals surface area contributed by atoms with Gasteiger partial charge < -0.3 is 32.5 Å². The van der Waals surface area contributed by atoms with Crippen LogP contribution >= 0.6 is 135 Å². The van der Waals surface area contributed by atoms with Crippen LogP contribution in [0.1, 0.15) is 54.1 Å². The molecule has 2 amide bonds. The summed E-state index contributed by atoms with van der Waals surface area (Å²) in [6.07, 6.45) is 0. The van der Waals surface area contributed by atoms with Crippen LogP contribution in [-0.2, 0) is 25.4 Å². The molecule has 9 nitrogen and oxygen atoms in total. The number of carbonyl (C=O) groups is 2. The first-order chi connectivity index (χ1) is 31.4. The van der Waals surface area contributed by atoms with Gasteiger partial charge in [0.2, 0.25) is 0 Å². The molecule has 0 saturated heterocycles. The molecule has 20 heteroatoms. The highest BCUT2D eigenvalue weighted by atomic mass is 79.9. The summed E-state index contributed by atoms with van der Waals surface area (Å²) >= 11 is 37.2. The molecule has 0 heterocycles. The number of nitrogens with one attached hydrogen (secondary N) is 3. The Morgan fingerprint density at radius 2 is 1.21 bits per heavy atom. The van der Waals surface area contributed by atoms with Gasteiger partial charge in [0.15, 0.2) is 10.3 Å². The number of rotatable bonds is 11. The molecule has 356 valence electrons. The number of hydrogen-bond donors (Lipinski definition) is 6. The van der Waals surface area contributed by atoms with Crippen LogP contribution in [0.4, 0.5) is 15.8 Å². The lowest BCUT2D eigenvalue weighted by molar-refractivity contribution is 0.0941. The van der Waals surface area contributed by atoms with Crippen molar-refractivity contribution < 1.29 is 19.1 Å². The molecular weight excluding hydrogens is 1240 g/mol. The molecule has 0 atom stereocenters. The Balaban J connectivity index is 0.000000366. The number of carbonyl (C=O) groups excluding carboxylic acids is 2. The molecule has 0 unspecified atom stereocenters. The summed E-state index contributed by atoms with van der Waals surface area (Å²) in [6, 6.07) is 36.5. The van der Waals surface area contributed by atoms with Crippen LogP contribution in [0.15, 0.2) is 140 Å². The molecule has 0 aliphatic heterocycles. The Morgan fingerprint density at radius 1 is 0.716 bits per heavy atom. The molecule has 6 aromatic rings. The third kappa shape index (κ3) is 22.4. The summed E-state index contributed by atoms with van der Waals surface area (Å²) in [7, 11) is 0. The standard InChI is InChI=1S/C23H20Br2ClN3OS.C16H16BrNO2.C7H6ClFN2S.CH2Cl2.BrH/c1-14-2-4-15(5-3-14)12-28-22(30)19-8-6-17(24)10-16(19)13-31-23(27)29-18-7-9-20(25)21(26)11-18;1-11-2-4-12(5-3-11)9-18-16(20)15-7-6-14(17)8-13(15)10-19;8-5-3-4(11-7(10)12)1-2-6(5)9;2-1-3;/h2-11H,12-13H2,1H3,(H2,27,29)(H,28,30);2-8,19H,9-10H2,1H3,(H,18,20);1-3H,(H3,10,11,12);1H2;1H. The Labute approximate surface area is 455 Å². The molecule has 0 saturated carbocycles. The van der Waals surface area contributed by atoms with Gasteiger partial charge in [0.1, 0.15) is 5.82 Å². The van der Waals surface area contributed by atoms with E-state index in [1.807, 2.05) is 92.7 Å². The summed E-state index contributed by atoms with van der Waals surface area (Å²) in [5, 5.41) is 19.1. The van der Waals surface area contributed by atoms with E-state index in [9.17, 15) is 19.1 Å². The van der Waals surface area contributed by atoms with Crippen molar-refractivity contribution in [2.45, 2.75) is 39.3 Å². The zero-order valence-electron chi connectivity index (χ0n) is 35.7. The van der Waals surface area contributed by atoms with Crippen LogP contribution in [0, 0.1) is 19.7 Å². The van der Waals surface area contributed by atoms with E-state index >= 15 is 0 Å². The lowest BCUT2D eigenvalue weighted by Gasteiger charge is -2.11. The van der Waals surface area contributed by atoms with Crippen molar-refractivity contribution in [1.29, 1.82) is 0 Å². The van der Waals surface area contributed by atoms with Gasteiger partial charge in [0.05, 0.1) is 27.7 Å². The van der Waals surface area contributed by atoms with E-state index in [1.54, 1.807) is 24.3 Å². The third-order valence-corrected chi connectivity index (χ3v) is 12.1. The second-order valence-electron chi connectivity index (χ2n) is 13.7. The number of hydrogen-bond acceptors (Lipinski definition) is 6. The molecule has 0 aliphatic rings. The molecule has 0 fully saturated rings. The molecule has 6 rings (SSSR count). The van der Waals surface area contributed by atoms with Crippen molar-refractivity contribution in [2.24, 2.45) is 16.5 Å². The first-order valence-electron chi connectivity index (χ1n) is 19.3. The third-order valence-electron chi connectivity index (χ3n) is 8.65. The normalized spacial score (nSPS) is 10.3. The maximum absolute atomic E-state index is 12.8. The average Bonchev–Trinajstić information content (AvgIpc) is 3.28. The van der Waals surface area contributed by atoms with Gasteiger partial charge in [-0.25, -0.2) is 9.38 Å². The van der Waals surface area contributed by atoms with Crippen molar-refractivity contribution in [3.8, 4) is 0 Å². The number of amidine groups is 1. The number of aliphatic hydroxyl groups excluding tert-OH is 1. The largest absolute Gasteiger partial charge is 0.392 e. The highest BCUT2D eigenvalue weighted by Crippen LogP contribution is 2.28. The highest BCUT2D eigenvalue weighted by Gasteiger charge is 2.14. The SMILES string of the molecule is Br.Cc1ccc(CNC(=O)c2ccc(Br)cc2CO)cc1.Cc1ccc(CNC(=O)c2ccc(Br)cc2CSC(N)=Nc2ccc(Br)c(Cl)c2)cc1.ClCCl.NC(=S)Nc1ccc(F)c(Cl)c1. The monoisotopic (exact) mass is 1280 g/mol. The second-order valence-corrected chi connectivity index (χ2v) is 19.4. The number of thioether (sulfide) groups is 1. The fraction of sp³-hybridized carbons (Fsp3) is 0.149. The van der Waals surface area contributed by atoms with Crippen LogP contribution in [-0.4, -0.2) is 32.5 Å². The molecule has 8 N–H and O–H groups in total. The molecule has 0 radical (unpaired) electrons. The minimum Gasteiger partial charge on any atom is -0.392 e. The van der Waals surface area contributed by atoms with Gasteiger partial charge in [0.25, 0.3) is 11.8 Å². The van der Waals surface area contributed by atoms with Gasteiger partial charge in [-0.2, -0.15) is 0 Å². The molecular formula is C47H45Br4Cl4FN6O3S2. The number of nitrogens with zero attached hydrogens (tertiary/aromatic N) is 1. The van der Waals surface area contributed by atoms with Gasteiger partial charge >= 0.3 is 0 Å². The van der Waals surface area contributed by atoms with Gasteiger partial charge in [-0.1, -0.05) is 126 Å². The molecule has 0 aliphatic carbocycles. The van der Waals surface area contributed by atoms with Crippen LogP contribution in [0.3, 0.4) is 0 Å². The summed E-state index contributed by atoms with van der Waals surface area (Å²) in [6.45, 7) is 4.84. The lowest BCUT2D eigenvalue weighted by atomic mass is 10.1. The molecule has 67 heavy (non-hydrogen) atoms. The van der Waals surface area contributed by atoms with Gasteiger partial charge in [-0.05, 0) is 137 Å². The summed E-state index contributed by atoms with van der Waals surface area (Å²) in [4.78, 5) is 29.3. The van der Waals surface area contributed by atoms with E-state index in [0.29, 0.717) is 57.1 Å². The smallest absolute Gasteiger partial charge is 0.251 e. The first-order valence-corrected chi connectivity index (χ1v) is 24.9. The number of nitrogens with two attached hydrogens (primary N) is 2. The van der Waals surface area contributed by atoms with Crippen molar-refractivity contribution in [1.82, 2.24) is 10.6 Å². The van der Waals surface area contributed by atoms with E-state index in [4.69, 9.17) is 57.9 Å². The number of halogens is 9. The van der Waals surface area contributed by atoms with Crippen molar-refractivity contribution in [3.05, 3.63) is 195 Å². The number of thiocarbonyl (C=S) groups is 1. The Bertz CT molecular complexity index is 2600. The topological polar surface area (TPSA) is 155 Å². The van der Waals surface area contributed by atoms with Crippen molar-refractivity contribution >= 4 is 169 Å². The first kappa shape index (κ1) is 59.9. The minimum absolute atomic E-state index is 0. The maximum Gasteiger partial charge on any atom is 0.251 e. The number of benzene rings is 6. The predicted molar refractivity (Wildman–Crippen MR) is 299 cm³/mol. The zero-order chi connectivity index (χ0) is 48.8. The molecule has 0 bridgehead atoms. The van der Waals surface area contributed by atoms with Crippen LogP contribution in [0.2, 0.25) is 10.0 Å². The number of aryl methyl sites for hydroxylation is 2. The maximum atomic E-state index is 12.8. The summed E-state index contributed by atoms with van der Waals surface area (Å²) < 4.78 is 15.2.